The third-order valence-electron chi connectivity index (χ3n) is 2.65. The molecular weight excluding hydrogens is 230 g/mol. The summed E-state index contributed by atoms with van der Waals surface area (Å²) in [6, 6.07) is 6.86. The summed E-state index contributed by atoms with van der Waals surface area (Å²) in [5.41, 5.74) is 6.56. The first-order valence-corrected chi connectivity index (χ1v) is 4.88. The Hall–Kier alpha value is -1.26. The van der Waals surface area contributed by atoms with E-state index in [4.69, 9.17) is 15.6 Å². The summed E-state index contributed by atoms with van der Waals surface area (Å²) in [4.78, 5) is 10.6. The van der Waals surface area contributed by atoms with Gasteiger partial charge in [0.2, 0.25) is 0 Å². The van der Waals surface area contributed by atoms with Crippen LogP contribution in [0.4, 0.5) is 0 Å². The Morgan fingerprint density at radius 2 is 2.25 bits per heavy atom. The number of para-hydroxylation sites is 1. The molecule has 1 aliphatic rings. The Morgan fingerprint density at radius 1 is 1.56 bits per heavy atom. The van der Waals surface area contributed by atoms with Gasteiger partial charge in [-0.25, -0.2) is 0 Å². The van der Waals surface area contributed by atoms with Crippen LogP contribution in [0.2, 0.25) is 0 Å². The molecule has 16 heavy (non-hydrogen) atoms. The molecule has 2 atom stereocenters. The van der Waals surface area contributed by atoms with Gasteiger partial charge in [-0.3, -0.25) is 4.79 Å². The van der Waals surface area contributed by atoms with Gasteiger partial charge < -0.3 is 15.6 Å². The monoisotopic (exact) mass is 243 g/mol. The summed E-state index contributed by atoms with van der Waals surface area (Å²) in [6.45, 7) is 0.528. The standard InChI is InChI=1S/C11H13NO3.ClH/c12-9(11(13)14)5-7-6-15-10-4-2-1-3-8(7)10;/h1-4,7,9H,5-6,12H2,(H,13,14);1H. The second-order valence-electron chi connectivity index (χ2n) is 3.73. The van der Waals surface area contributed by atoms with E-state index in [1.165, 1.54) is 0 Å². The van der Waals surface area contributed by atoms with Crippen LogP contribution in [0.25, 0.3) is 0 Å². The summed E-state index contributed by atoms with van der Waals surface area (Å²) in [5, 5.41) is 8.72. The summed E-state index contributed by atoms with van der Waals surface area (Å²) >= 11 is 0. The Morgan fingerprint density at radius 3 is 2.94 bits per heavy atom. The summed E-state index contributed by atoms with van der Waals surface area (Å²) in [6.07, 6.45) is 0.423. The molecule has 0 saturated heterocycles. The molecule has 0 spiro atoms. The van der Waals surface area contributed by atoms with Crippen molar-refractivity contribution in [3.05, 3.63) is 29.8 Å². The Labute approximate surface area is 99.8 Å². The zero-order valence-electron chi connectivity index (χ0n) is 8.63. The number of halogens is 1. The average Bonchev–Trinajstić information content (AvgIpc) is 2.62. The Balaban J connectivity index is 0.00000128. The van der Waals surface area contributed by atoms with Crippen molar-refractivity contribution >= 4 is 18.4 Å². The molecule has 0 fully saturated rings. The highest BCUT2D eigenvalue weighted by Gasteiger charge is 2.27. The van der Waals surface area contributed by atoms with Crippen LogP contribution in [0.3, 0.4) is 0 Å². The number of nitrogens with two attached hydrogens (primary N) is 1. The minimum atomic E-state index is -0.959. The molecule has 4 nitrogen and oxygen atoms in total. The van der Waals surface area contributed by atoms with Crippen LogP contribution < -0.4 is 10.5 Å². The molecule has 1 heterocycles. The van der Waals surface area contributed by atoms with Crippen molar-refractivity contribution in [3.63, 3.8) is 0 Å². The van der Waals surface area contributed by atoms with E-state index < -0.39 is 12.0 Å². The SMILES string of the molecule is Cl.NC(CC1COc2ccccc21)C(=O)O. The number of carboxylic acid groups (broad SMARTS) is 1. The second kappa shape index (κ2) is 5.18. The molecule has 0 amide bonds. The van der Waals surface area contributed by atoms with Crippen molar-refractivity contribution in [2.75, 3.05) is 6.61 Å². The van der Waals surface area contributed by atoms with Gasteiger partial charge in [-0.15, -0.1) is 12.4 Å². The molecule has 88 valence electrons. The Bertz CT molecular complexity index is 383. The molecule has 1 aromatic rings. The third kappa shape index (κ3) is 2.46. The van der Waals surface area contributed by atoms with E-state index in [9.17, 15) is 4.79 Å². The van der Waals surface area contributed by atoms with Crippen LogP contribution in [0.5, 0.6) is 5.75 Å². The third-order valence-corrected chi connectivity index (χ3v) is 2.65. The summed E-state index contributed by atoms with van der Waals surface area (Å²) in [5.74, 6) is -0.00762. The lowest BCUT2D eigenvalue weighted by atomic mass is 9.94. The first-order chi connectivity index (χ1) is 7.18. The maximum absolute atomic E-state index is 10.6. The van der Waals surface area contributed by atoms with Gasteiger partial charge in [0.25, 0.3) is 0 Å². The molecule has 1 aromatic carbocycles. The van der Waals surface area contributed by atoms with Crippen molar-refractivity contribution in [2.24, 2.45) is 5.73 Å². The van der Waals surface area contributed by atoms with Gasteiger partial charge in [0.15, 0.2) is 0 Å². The van der Waals surface area contributed by atoms with Crippen molar-refractivity contribution in [1.29, 1.82) is 0 Å². The number of aliphatic carboxylic acids is 1. The predicted octanol–water partition coefficient (Wildman–Crippen LogP) is 1.39. The van der Waals surface area contributed by atoms with E-state index in [1.807, 2.05) is 24.3 Å². The van der Waals surface area contributed by atoms with E-state index in [0.29, 0.717) is 13.0 Å². The molecule has 0 saturated carbocycles. The van der Waals surface area contributed by atoms with Gasteiger partial charge in [0.1, 0.15) is 11.8 Å². The lowest BCUT2D eigenvalue weighted by molar-refractivity contribution is -0.138. The van der Waals surface area contributed by atoms with E-state index in [-0.39, 0.29) is 18.3 Å². The van der Waals surface area contributed by atoms with Crippen LogP contribution >= 0.6 is 12.4 Å². The summed E-state index contributed by atoms with van der Waals surface area (Å²) < 4.78 is 5.44. The number of carbonyl (C=O) groups is 1. The molecule has 0 aliphatic carbocycles. The highest BCUT2D eigenvalue weighted by Crippen LogP contribution is 2.35. The van der Waals surface area contributed by atoms with Gasteiger partial charge >= 0.3 is 5.97 Å². The number of rotatable bonds is 3. The van der Waals surface area contributed by atoms with E-state index in [0.717, 1.165) is 11.3 Å². The maximum atomic E-state index is 10.6. The fourth-order valence-corrected chi connectivity index (χ4v) is 1.83. The molecule has 0 radical (unpaired) electrons. The van der Waals surface area contributed by atoms with Gasteiger partial charge in [-0.2, -0.15) is 0 Å². The molecule has 0 aromatic heterocycles. The van der Waals surface area contributed by atoms with E-state index in [1.54, 1.807) is 0 Å². The van der Waals surface area contributed by atoms with Crippen LogP contribution in [0.1, 0.15) is 17.9 Å². The lowest BCUT2D eigenvalue weighted by Crippen LogP contribution is -2.32. The van der Waals surface area contributed by atoms with Crippen LogP contribution in [-0.2, 0) is 4.79 Å². The predicted molar refractivity (Wildman–Crippen MR) is 62.2 cm³/mol. The van der Waals surface area contributed by atoms with Crippen molar-refractivity contribution in [2.45, 2.75) is 18.4 Å². The van der Waals surface area contributed by atoms with Crippen LogP contribution in [0.15, 0.2) is 24.3 Å². The first kappa shape index (κ1) is 12.8. The molecule has 2 rings (SSSR count). The van der Waals surface area contributed by atoms with Crippen LogP contribution in [0, 0.1) is 0 Å². The number of carboxylic acids is 1. The van der Waals surface area contributed by atoms with Gasteiger partial charge in [0, 0.05) is 11.5 Å². The number of benzene rings is 1. The fourth-order valence-electron chi connectivity index (χ4n) is 1.83. The smallest absolute Gasteiger partial charge is 0.320 e. The maximum Gasteiger partial charge on any atom is 0.320 e. The summed E-state index contributed by atoms with van der Waals surface area (Å²) in [7, 11) is 0. The normalized spacial score (nSPS) is 19.2. The van der Waals surface area contributed by atoms with E-state index >= 15 is 0 Å². The minimum absolute atomic E-state index is 0. The average molecular weight is 244 g/mol. The van der Waals surface area contributed by atoms with Gasteiger partial charge in [-0.05, 0) is 12.5 Å². The first-order valence-electron chi connectivity index (χ1n) is 4.88. The molecule has 3 N–H and O–H groups in total. The zero-order valence-corrected chi connectivity index (χ0v) is 9.44. The minimum Gasteiger partial charge on any atom is -0.493 e. The molecular formula is C11H14ClNO3. The number of hydrogen-bond acceptors (Lipinski definition) is 3. The van der Waals surface area contributed by atoms with Crippen molar-refractivity contribution in [1.82, 2.24) is 0 Å². The van der Waals surface area contributed by atoms with Crippen LogP contribution in [-0.4, -0.2) is 23.7 Å². The highest BCUT2D eigenvalue weighted by molar-refractivity contribution is 5.85. The number of hydrogen-bond donors (Lipinski definition) is 2. The topological polar surface area (TPSA) is 72.5 Å². The lowest BCUT2D eigenvalue weighted by Gasteiger charge is -2.11. The Kier molecular flexibility index (Phi) is 4.15. The highest BCUT2D eigenvalue weighted by atomic mass is 35.5. The fraction of sp³-hybridized carbons (Fsp3) is 0.364. The molecule has 5 heteroatoms. The molecule has 1 aliphatic heterocycles. The van der Waals surface area contributed by atoms with Gasteiger partial charge in [-0.1, -0.05) is 18.2 Å². The molecule has 2 unspecified atom stereocenters. The molecule has 0 bridgehead atoms. The number of fused-ring (bicyclic) bond motifs is 1. The van der Waals surface area contributed by atoms with E-state index in [2.05, 4.69) is 0 Å². The zero-order chi connectivity index (χ0) is 10.8. The second-order valence-corrected chi connectivity index (χ2v) is 3.73. The largest absolute Gasteiger partial charge is 0.493 e. The quantitative estimate of drug-likeness (QED) is 0.842. The van der Waals surface area contributed by atoms with Crippen molar-refractivity contribution < 1.29 is 14.6 Å². The van der Waals surface area contributed by atoms with Gasteiger partial charge in [0.05, 0.1) is 6.61 Å². The number of ether oxygens (including phenoxy) is 1. The van der Waals surface area contributed by atoms with Crippen molar-refractivity contribution in [3.8, 4) is 5.75 Å².